The molecule has 3 rings (SSSR count). The number of hydrogen-bond donors (Lipinski definition) is 1. The van der Waals surface area contributed by atoms with Crippen molar-refractivity contribution in [2.75, 3.05) is 13.7 Å². The van der Waals surface area contributed by atoms with Crippen molar-refractivity contribution < 1.29 is 33.4 Å². The molecule has 10 heteroatoms. The van der Waals surface area contributed by atoms with E-state index in [0.29, 0.717) is 28.1 Å². The van der Waals surface area contributed by atoms with Gasteiger partial charge in [-0.15, -0.1) is 0 Å². The molecule has 0 spiro atoms. The lowest BCUT2D eigenvalue weighted by Crippen LogP contribution is -2.34. The van der Waals surface area contributed by atoms with Crippen LogP contribution in [0.15, 0.2) is 39.7 Å². The van der Waals surface area contributed by atoms with Gasteiger partial charge in [-0.2, -0.15) is 0 Å². The number of imide groups is 1. The number of aromatic carboxylic acids is 1. The fourth-order valence-corrected chi connectivity index (χ4v) is 3.41. The molecule has 144 valence electrons. The smallest absolute Gasteiger partial charge is 0.335 e. The third kappa shape index (κ3) is 3.95. The van der Waals surface area contributed by atoms with Crippen molar-refractivity contribution >= 4 is 52.5 Å². The van der Waals surface area contributed by atoms with Gasteiger partial charge in [0.15, 0.2) is 0 Å². The molecule has 1 aromatic heterocycles. The van der Waals surface area contributed by atoms with Gasteiger partial charge in [-0.3, -0.25) is 19.3 Å². The largest absolute Gasteiger partial charge is 0.478 e. The van der Waals surface area contributed by atoms with Crippen molar-refractivity contribution in [1.29, 1.82) is 0 Å². The minimum Gasteiger partial charge on any atom is -0.478 e. The van der Waals surface area contributed by atoms with Crippen LogP contribution < -0.4 is 0 Å². The van der Waals surface area contributed by atoms with Gasteiger partial charge in [-0.05, 0) is 42.1 Å². The van der Waals surface area contributed by atoms with Crippen molar-refractivity contribution in [2.24, 2.45) is 0 Å². The maximum Gasteiger partial charge on any atom is 0.335 e. The number of hydrogen-bond acceptors (Lipinski definition) is 7. The fraction of sp³-hybridized carbons (Fsp3) is 0.111. The maximum absolute atomic E-state index is 12.3. The van der Waals surface area contributed by atoms with Gasteiger partial charge in [-0.1, -0.05) is 11.6 Å². The Morgan fingerprint density at radius 3 is 2.71 bits per heavy atom. The summed E-state index contributed by atoms with van der Waals surface area (Å²) in [7, 11) is 1.16. The minimum absolute atomic E-state index is 0.0429. The van der Waals surface area contributed by atoms with Gasteiger partial charge >= 0.3 is 11.9 Å². The van der Waals surface area contributed by atoms with Gasteiger partial charge in [0.05, 0.1) is 22.6 Å². The zero-order valence-electron chi connectivity index (χ0n) is 14.3. The van der Waals surface area contributed by atoms with E-state index >= 15 is 0 Å². The fourth-order valence-electron chi connectivity index (χ4n) is 2.38. The summed E-state index contributed by atoms with van der Waals surface area (Å²) in [6.07, 6.45) is 1.36. The first kappa shape index (κ1) is 19.7. The number of carboxylic acids is 1. The zero-order valence-corrected chi connectivity index (χ0v) is 15.9. The first-order valence-corrected chi connectivity index (χ1v) is 8.95. The minimum atomic E-state index is -1.11. The Balaban J connectivity index is 1.86. The van der Waals surface area contributed by atoms with Gasteiger partial charge in [0.2, 0.25) is 0 Å². The normalized spacial score (nSPS) is 15.4. The van der Waals surface area contributed by atoms with Crippen LogP contribution >= 0.6 is 23.4 Å². The van der Waals surface area contributed by atoms with E-state index in [2.05, 4.69) is 4.74 Å². The Bertz CT molecular complexity index is 1030. The number of amides is 2. The molecular formula is C18H12ClNO7S. The lowest BCUT2D eigenvalue weighted by Gasteiger charge is -2.09. The van der Waals surface area contributed by atoms with Crippen LogP contribution in [-0.2, 0) is 14.3 Å². The number of carboxylic acid groups (broad SMARTS) is 1. The van der Waals surface area contributed by atoms with E-state index in [1.807, 2.05) is 0 Å². The average Bonchev–Trinajstić information content (AvgIpc) is 3.22. The molecule has 1 aliphatic heterocycles. The second-order valence-corrected chi connectivity index (χ2v) is 6.95. The van der Waals surface area contributed by atoms with Crippen LogP contribution in [0.2, 0.25) is 5.02 Å². The molecule has 0 saturated carbocycles. The first-order valence-electron chi connectivity index (χ1n) is 7.75. The second kappa shape index (κ2) is 7.91. The lowest BCUT2D eigenvalue weighted by atomic mass is 10.1. The Morgan fingerprint density at radius 1 is 1.29 bits per heavy atom. The van der Waals surface area contributed by atoms with Crippen molar-refractivity contribution in [2.45, 2.75) is 0 Å². The third-order valence-corrected chi connectivity index (χ3v) is 5.00. The molecule has 2 aromatic rings. The highest BCUT2D eigenvalue weighted by Gasteiger charge is 2.36. The predicted molar refractivity (Wildman–Crippen MR) is 101 cm³/mol. The molecule has 1 N–H and O–H groups in total. The second-order valence-electron chi connectivity index (χ2n) is 5.55. The maximum atomic E-state index is 12.3. The number of benzene rings is 1. The van der Waals surface area contributed by atoms with Gasteiger partial charge in [0, 0.05) is 11.6 Å². The molecule has 28 heavy (non-hydrogen) atoms. The quantitative estimate of drug-likeness (QED) is 0.576. The number of esters is 1. The van der Waals surface area contributed by atoms with Crippen LogP contribution in [0.1, 0.15) is 16.1 Å². The van der Waals surface area contributed by atoms with E-state index in [4.69, 9.17) is 21.1 Å². The summed E-state index contributed by atoms with van der Waals surface area (Å²) >= 11 is 6.79. The molecule has 2 heterocycles. The predicted octanol–water partition coefficient (Wildman–Crippen LogP) is 3.51. The van der Waals surface area contributed by atoms with E-state index in [-0.39, 0.29) is 16.2 Å². The number of carbonyl (C=O) groups excluding carboxylic acids is 3. The molecule has 0 bridgehead atoms. The molecule has 1 aliphatic rings. The Morgan fingerprint density at radius 2 is 2.04 bits per heavy atom. The molecule has 0 unspecified atom stereocenters. The van der Waals surface area contributed by atoms with Crippen LogP contribution in [0.3, 0.4) is 0 Å². The topological polar surface area (TPSA) is 114 Å². The lowest BCUT2D eigenvalue weighted by molar-refractivity contribution is -0.143. The average molecular weight is 422 g/mol. The van der Waals surface area contributed by atoms with Gasteiger partial charge < -0.3 is 14.3 Å². The van der Waals surface area contributed by atoms with Crippen molar-refractivity contribution in [3.8, 4) is 11.3 Å². The highest BCUT2D eigenvalue weighted by Crippen LogP contribution is 2.34. The number of methoxy groups -OCH3 is 1. The number of carbonyl (C=O) groups is 4. The first-order chi connectivity index (χ1) is 13.3. The molecule has 0 aliphatic carbocycles. The van der Waals surface area contributed by atoms with Crippen molar-refractivity contribution in [3.63, 3.8) is 0 Å². The summed E-state index contributed by atoms with van der Waals surface area (Å²) in [5.41, 5.74) is 0.418. The monoisotopic (exact) mass is 421 g/mol. The molecule has 0 atom stereocenters. The summed E-state index contributed by atoms with van der Waals surface area (Å²) in [6.45, 7) is -0.473. The number of thioether (sulfide) groups is 1. The van der Waals surface area contributed by atoms with Gasteiger partial charge in [0.25, 0.3) is 11.1 Å². The highest BCUT2D eigenvalue weighted by atomic mass is 35.5. The summed E-state index contributed by atoms with van der Waals surface area (Å²) in [4.78, 5) is 47.5. The van der Waals surface area contributed by atoms with Crippen molar-refractivity contribution in [1.82, 2.24) is 4.90 Å². The third-order valence-electron chi connectivity index (χ3n) is 3.77. The van der Waals surface area contributed by atoms with Gasteiger partial charge in [-0.25, -0.2) is 4.79 Å². The standard InChI is InChI=1S/C18H12ClNO7S/c1-26-15(21)8-20-16(22)14(28-18(20)25)7-10-3-5-13(27-10)11-6-9(17(23)24)2-4-12(11)19/h2-7H,8H2,1H3,(H,23,24)/b14-7+. The Kier molecular flexibility index (Phi) is 5.57. The summed E-state index contributed by atoms with van der Waals surface area (Å²) in [5, 5.41) is 8.81. The zero-order chi connectivity index (χ0) is 20.4. The molecule has 1 fully saturated rings. The SMILES string of the molecule is COC(=O)CN1C(=O)S/C(=C/c2ccc(-c3cc(C(=O)O)ccc3Cl)o2)C1=O. The van der Waals surface area contributed by atoms with E-state index in [9.17, 15) is 19.2 Å². The van der Waals surface area contributed by atoms with Crippen LogP contribution in [-0.4, -0.2) is 46.7 Å². The van der Waals surface area contributed by atoms with Crippen LogP contribution in [0.25, 0.3) is 17.4 Å². The number of rotatable bonds is 5. The number of furan rings is 1. The summed E-state index contributed by atoms with van der Waals surface area (Å²) in [6, 6.07) is 7.30. The van der Waals surface area contributed by atoms with E-state index in [1.54, 1.807) is 12.1 Å². The van der Waals surface area contributed by atoms with Crippen molar-refractivity contribution in [3.05, 3.63) is 51.6 Å². The van der Waals surface area contributed by atoms with Crippen LogP contribution in [0.4, 0.5) is 4.79 Å². The van der Waals surface area contributed by atoms with E-state index in [0.717, 1.165) is 12.0 Å². The van der Waals surface area contributed by atoms with Gasteiger partial charge in [0.1, 0.15) is 18.1 Å². The number of ether oxygens (including phenoxy) is 1. The molecule has 0 radical (unpaired) electrons. The molecular weight excluding hydrogens is 410 g/mol. The molecule has 8 nitrogen and oxygen atoms in total. The van der Waals surface area contributed by atoms with Crippen LogP contribution in [0.5, 0.6) is 0 Å². The molecule has 2 amide bonds. The molecule has 1 saturated heterocycles. The highest BCUT2D eigenvalue weighted by molar-refractivity contribution is 8.18. The number of nitrogens with zero attached hydrogens (tertiary/aromatic N) is 1. The summed E-state index contributed by atoms with van der Waals surface area (Å²) in [5.74, 6) is -1.89. The van der Waals surface area contributed by atoms with E-state index in [1.165, 1.54) is 24.3 Å². The van der Waals surface area contributed by atoms with E-state index < -0.39 is 29.6 Å². The summed E-state index contributed by atoms with van der Waals surface area (Å²) < 4.78 is 10.1. The molecule has 1 aromatic carbocycles. The number of halogens is 1. The Labute approximate surface area is 167 Å². The Hall–Kier alpha value is -3.04. The van der Waals surface area contributed by atoms with Crippen LogP contribution in [0, 0.1) is 0 Å².